The first kappa shape index (κ1) is 20.8. The van der Waals surface area contributed by atoms with Gasteiger partial charge in [-0.1, -0.05) is 11.8 Å². The van der Waals surface area contributed by atoms with Crippen molar-refractivity contribution in [3.8, 4) is 11.4 Å². The number of nitrogens with one attached hydrogen (secondary N) is 2. The topological polar surface area (TPSA) is 73.5 Å². The average molecular weight is 409 g/mol. The van der Waals surface area contributed by atoms with Gasteiger partial charge < -0.3 is 15.0 Å². The molecule has 2 aromatic rings. The maximum Gasteiger partial charge on any atom is 0.233 e. The fourth-order valence-electron chi connectivity index (χ4n) is 3.10. The van der Waals surface area contributed by atoms with E-state index in [2.05, 4.69) is 15.5 Å². The first-order valence-corrected chi connectivity index (χ1v) is 10.5. The fraction of sp³-hybridized carbons (Fsp3) is 0.526. The molecule has 9 heteroatoms. The van der Waals surface area contributed by atoms with Gasteiger partial charge in [0.05, 0.1) is 31.6 Å². The zero-order valence-corrected chi connectivity index (χ0v) is 17.1. The van der Waals surface area contributed by atoms with Crippen LogP contribution in [0.3, 0.4) is 0 Å². The van der Waals surface area contributed by atoms with Crippen LogP contribution in [0.4, 0.5) is 4.39 Å². The minimum absolute atomic E-state index is 0.0239. The summed E-state index contributed by atoms with van der Waals surface area (Å²) < 4.78 is 20.8. The van der Waals surface area contributed by atoms with Crippen molar-refractivity contribution in [1.29, 1.82) is 0 Å². The molecule has 0 aliphatic carbocycles. The zero-order chi connectivity index (χ0) is 19.9. The predicted octanol–water partition coefficient (Wildman–Crippen LogP) is 0.616. The number of nitrogens with zero attached hydrogens (tertiary/aromatic N) is 3. The number of morpholine rings is 1. The van der Waals surface area contributed by atoms with Gasteiger partial charge in [0.1, 0.15) is 18.9 Å². The van der Waals surface area contributed by atoms with Crippen LogP contribution in [0.2, 0.25) is 0 Å². The van der Waals surface area contributed by atoms with E-state index in [1.807, 2.05) is 18.4 Å². The van der Waals surface area contributed by atoms with Gasteiger partial charge in [0.15, 0.2) is 11.0 Å². The predicted molar refractivity (Wildman–Crippen MR) is 106 cm³/mol. The molecule has 2 heterocycles. The van der Waals surface area contributed by atoms with Crippen molar-refractivity contribution in [3.05, 3.63) is 30.1 Å². The molecule has 1 fully saturated rings. The lowest BCUT2D eigenvalue weighted by Gasteiger charge is -2.24. The van der Waals surface area contributed by atoms with E-state index in [1.165, 1.54) is 28.8 Å². The van der Waals surface area contributed by atoms with Crippen molar-refractivity contribution in [2.75, 3.05) is 39.4 Å². The normalized spacial score (nSPS) is 16.1. The molecule has 0 spiro atoms. The van der Waals surface area contributed by atoms with Crippen LogP contribution in [0.1, 0.15) is 13.8 Å². The van der Waals surface area contributed by atoms with Crippen LogP contribution in [0, 0.1) is 5.82 Å². The highest BCUT2D eigenvalue weighted by Crippen LogP contribution is 2.26. The lowest BCUT2D eigenvalue weighted by Crippen LogP contribution is -3.14. The Kier molecular flexibility index (Phi) is 7.41. The fourth-order valence-corrected chi connectivity index (χ4v) is 4.00. The maximum atomic E-state index is 13.3. The van der Waals surface area contributed by atoms with Crippen molar-refractivity contribution in [1.82, 2.24) is 20.1 Å². The lowest BCUT2D eigenvalue weighted by molar-refractivity contribution is -0.908. The Morgan fingerprint density at radius 2 is 2.04 bits per heavy atom. The summed E-state index contributed by atoms with van der Waals surface area (Å²) in [7, 11) is 0. The number of ether oxygens (including phenoxy) is 1. The Morgan fingerprint density at radius 3 is 2.71 bits per heavy atom. The van der Waals surface area contributed by atoms with E-state index in [4.69, 9.17) is 4.74 Å². The molecule has 1 atom stereocenters. The number of quaternary nitrogens is 1. The zero-order valence-electron chi connectivity index (χ0n) is 16.3. The molecule has 2 N–H and O–H groups in total. The molecule has 152 valence electrons. The molecule has 0 saturated carbocycles. The Labute approximate surface area is 168 Å². The summed E-state index contributed by atoms with van der Waals surface area (Å²) in [5, 5.41) is 11.9. The number of thioether (sulfide) groups is 1. The van der Waals surface area contributed by atoms with Crippen LogP contribution >= 0.6 is 11.8 Å². The first-order chi connectivity index (χ1) is 13.6. The Bertz CT molecular complexity index is 777. The van der Waals surface area contributed by atoms with Crippen LogP contribution in [0.5, 0.6) is 0 Å². The third-order valence-electron chi connectivity index (χ3n) is 4.71. The highest BCUT2D eigenvalue weighted by Gasteiger charge is 2.22. The second-order valence-corrected chi connectivity index (χ2v) is 8.04. The highest BCUT2D eigenvalue weighted by atomic mass is 32.2. The van der Waals surface area contributed by atoms with Gasteiger partial charge in [-0.3, -0.25) is 9.36 Å². The Hall–Kier alpha value is -1.97. The number of rotatable bonds is 8. The quantitative estimate of drug-likeness (QED) is 0.627. The standard InChI is InChI=1S/C19H26FN5O2S/c1-3-21-18(26)14(2)28-19-23-22-17(15-4-6-16(20)7-5-15)25(19)9-8-24-10-12-27-13-11-24/h4-7,14H,3,8-13H2,1-2H3,(H,21,26)/p+1/t14-/m1/s1. The van der Waals surface area contributed by atoms with E-state index in [-0.39, 0.29) is 17.0 Å². The number of amides is 1. The molecule has 7 nitrogen and oxygen atoms in total. The van der Waals surface area contributed by atoms with Gasteiger partial charge in [-0.15, -0.1) is 10.2 Å². The largest absolute Gasteiger partial charge is 0.370 e. The second-order valence-electron chi connectivity index (χ2n) is 6.73. The van der Waals surface area contributed by atoms with Crippen molar-refractivity contribution in [2.45, 2.75) is 30.8 Å². The summed E-state index contributed by atoms with van der Waals surface area (Å²) in [5.41, 5.74) is 0.809. The van der Waals surface area contributed by atoms with E-state index in [0.717, 1.165) is 45.0 Å². The highest BCUT2D eigenvalue weighted by molar-refractivity contribution is 8.00. The molecule has 1 aliphatic rings. The van der Waals surface area contributed by atoms with Crippen molar-refractivity contribution < 1.29 is 18.8 Å². The molecule has 3 rings (SSSR count). The van der Waals surface area contributed by atoms with Crippen LogP contribution in [-0.4, -0.2) is 65.3 Å². The monoisotopic (exact) mass is 408 g/mol. The van der Waals surface area contributed by atoms with E-state index in [9.17, 15) is 9.18 Å². The molecule has 1 saturated heterocycles. The number of carbonyl (C=O) groups excluding carboxylic acids is 1. The average Bonchev–Trinajstić information content (AvgIpc) is 3.10. The van der Waals surface area contributed by atoms with E-state index >= 15 is 0 Å². The number of aromatic nitrogens is 3. The third-order valence-corrected chi connectivity index (χ3v) is 5.79. The van der Waals surface area contributed by atoms with Gasteiger partial charge in [0.25, 0.3) is 0 Å². The summed E-state index contributed by atoms with van der Waals surface area (Å²) in [6.07, 6.45) is 0. The Morgan fingerprint density at radius 1 is 1.32 bits per heavy atom. The van der Waals surface area contributed by atoms with E-state index < -0.39 is 0 Å². The summed E-state index contributed by atoms with van der Waals surface area (Å²) in [5.74, 6) is 0.384. The molecular formula is C19H27FN5O2S+. The van der Waals surface area contributed by atoms with Crippen LogP contribution in [0.15, 0.2) is 29.4 Å². The molecule has 1 aromatic heterocycles. The summed E-state index contributed by atoms with van der Waals surface area (Å²) in [6, 6.07) is 6.26. The number of benzene rings is 1. The molecule has 0 bridgehead atoms. The van der Waals surface area contributed by atoms with Crippen LogP contribution in [-0.2, 0) is 16.1 Å². The first-order valence-electron chi connectivity index (χ1n) is 9.63. The van der Waals surface area contributed by atoms with Gasteiger partial charge in [0, 0.05) is 12.1 Å². The van der Waals surface area contributed by atoms with Crippen molar-refractivity contribution in [3.63, 3.8) is 0 Å². The molecule has 1 amide bonds. The van der Waals surface area contributed by atoms with Crippen molar-refractivity contribution in [2.24, 2.45) is 0 Å². The minimum Gasteiger partial charge on any atom is -0.370 e. The van der Waals surface area contributed by atoms with Gasteiger partial charge >= 0.3 is 0 Å². The van der Waals surface area contributed by atoms with E-state index in [0.29, 0.717) is 17.5 Å². The van der Waals surface area contributed by atoms with Crippen LogP contribution in [0.25, 0.3) is 11.4 Å². The van der Waals surface area contributed by atoms with Crippen LogP contribution < -0.4 is 10.2 Å². The molecule has 1 aliphatic heterocycles. The smallest absolute Gasteiger partial charge is 0.233 e. The van der Waals surface area contributed by atoms with Gasteiger partial charge in [-0.25, -0.2) is 4.39 Å². The summed E-state index contributed by atoms with van der Waals surface area (Å²) >= 11 is 1.39. The van der Waals surface area contributed by atoms with E-state index in [1.54, 1.807) is 12.1 Å². The third kappa shape index (κ3) is 5.30. The molecular weight excluding hydrogens is 381 g/mol. The molecule has 0 radical (unpaired) electrons. The molecule has 1 aromatic carbocycles. The van der Waals surface area contributed by atoms with Gasteiger partial charge in [-0.2, -0.15) is 0 Å². The second kappa shape index (κ2) is 9.99. The SMILES string of the molecule is CCNC(=O)[C@@H](C)Sc1nnc(-c2ccc(F)cc2)n1CC[NH+]1CCOCC1. The molecule has 0 unspecified atom stereocenters. The summed E-state index contributed by atoms with van der Waals surface area (Å²) in [4.78, 5) is 13.6. The Balaban J connectivity index is 1.81. The maximum absolute atomic E-state index is 13.3. The number of hydrogen-bond acceptors (Lipinski definition) is 5. The van der Waals surface area contributed by atoms with Gasteiger partial charge in [-0.05, 0) is 38.1 Å². The number of carbonyl (C=O) groups is 1. The lowest BCUT2D eigenvalue weighted by atomic mass is 10.2. The minimum atomic E-state index is -0.285. The summed E-state index contributed by atoms with van der Waals surface area (Å²) in [6.45, 7) is 9.50. The number of halogens is 1. The number of hydrogen-bond donors (Lipinski definition) is 2. The molecule has 28 heavy (non-hydrogen) atoms. The van der Waals surface area contributed by atoms with Gasteiger partial charge in [0.2, 0.25) is 5.91 Å². The van der Waals surface area contributed by atoms with Crippen molar-refractivity contribution >= 4 is 17.7 Å².